The van der Waals surface area contributed by atoms with E-state index in [9.17, 15) is 0 Å². The van der Waals surface area contributed by atoms with Crippen LogP contribution in [0, 0.1) is 11.8 Å². The van der Waals surface area contributed by atoms with Crippen molar-refractivity contribution in [3.8, 4) is 11.8 Å². The fourth-order valence-corrected chi connectivity index (χ4v) is 1.65. The summed E-state index contributed by atoms with van der Waals surface area (Å²) in [6.45, 7) is 1.00. The van der Waals surface area contributed by atoms with Crippen LogP contribution in [0.5, 0.6) is 0 Å². The van der Waals surface area contributed by atoms with Crippen molar-refractivity contribution in [1.82, 2.24) is 4.98 Å². The summed E-state index contributed by atoms with van der Waals surface area (Å²) in [6.07, 6.45) is 3.78. The highest BCUT2D eigenvalue weighted by Gasteiger charge is 2.10. The van der Waals surface area contributed by atoms with Crippen molar-refractivity contribution in [3.63, 3.8) is 0 Å². The van der Waals surface area contributed by atoms with Gasteiger partial charge in [0, 0.05) is 30.1 Å². The Balaban J connectivity index is 2.18. The van der Waals surface area contributed by atoms with Crippen molar-refractivity contribution in [2.75, 3.05) is 17.2 Å². The van der Waals surface area contributed by atoms with Gasteiger partial charge in [0.05, 0.1) is 0 Å². The number of fused-ring (bicyclic) bond motifs is 1. The lowest BCUT2D eigenvalue weighted by Gasteiger charge is -1.97. The minimum absolute atomic E-state index is 0.884. The Hall–Kier alpha value is -1.01. The van der Waals surface area contributed by atoms with Crippen LogP contribution in [0.3, 0.4) is 0 Å². The maximum absolute atomic E-state index is 4.31. The molecule has 0 aliphatic carbocycles. The van der Waals surface area contributed by atoms with Gasteiger partial charge in [-0.05, 0) is 18.1 Å². The number of nitrogens with zero attached hydrogens (tertiary/aromatic N) is 1. The summed E-state index contributed by atoms with van der Waals surface area (Å²) in [7, 11) is 0. The molecule has 0 aromatic carbocycles. The second kappa shape index (κ2) is 4.47. The number of hydrogen-bond acceptors (Lipinski definition) is 2. The van der Waals surface area contributed by atoms with E-state index in [0.717, 1.165) is 36.1 Å². The van der Waals surface area contributed by atoms with Crippen LogP contribution >= 0.6 is 15.9 Å². The highest BCUT2D eigenvalue weighted by Crippen LogP contribution is 2.19. The molecule has 1 N–H and O–H groups in total. The molecule has 0 saturated heterocycles. The highest BCUT2D eigenvalue weighted by atomic mass is 79.9. The predicted molar refractivity (Wildman–Crippen MR) is 61.7 cm³/mol. The lowest BCUT2D eigenvalue weighted by atomic mass is 10.2. The molecule has 1 aromatic rings. The van der Waals surface area contributed by atoms with Gasteiger partial charge in [0.15, 0.2) is 0 Å². The summed E-state index contributed by atoms with van der Waals surface area (Å²) in [6, 6.07) is 2.13. The number of nitrogens with one attached hydrogen (secondary N) is 1. The van der Waals surface area contributed by atoms with Gasteiger partial charge >= 0.3 is 0 Å². The zero-order valence-corrected chi connectivity index (χ0v) is 9.39. The fraction of sp³-hybridized carbons (Fsp3) is 0.364. The van der Waals surface area contributed by atoms with Gasteiger partial charge in [-0.25, -0.2) is 4.98 Å². The fourth-order valence-electron chi connectivity index (χ4n) is 1.46. The first kappa shape index (κ1) is 9.54. The standard InChI is InChI=1S/C11H11BrN2/c12-5-2-1-3-9-7-10-4-6-13-11(10)14-8-9/h7-8H,2,4-6H2,(H,13,14). The van der Waals surface area contributed by atoms with Crippen molar-refractivity contribution in [3.05, 3.63) is 23.4 Å². The molecular formula is C11H11BrN2. The molecular weight excluding hydrogens is 240 g/mol. The lowest BCUT2D eigenvalue weighted by Crippen LogP contribution is -1.92. The number of pyridine rings is 1. The van der Waals surface area contributed by atoms with Crippen LogP contribution in [0.1, 0.15) is 17.5 Å². The van der Waals surface area contributed by atoms with Crippen molar-refractivity contribution in [2.24, 2.45) is 0 Å². The molecule has 1 aliphatic heterocycles. The molecule has 0 atom stereocenters. The molecule has 14 heavy (non-hydrogen) atoms. The smallest absolute Gasteiger partial charge is 0.129 e. The number of aromatic nitrogens is 1. The summed E-state index contributed by atoms with van der Waals surface area (Å²) >= 11 is 3.34. The molecule has 72 valence electrons. The quantitative estimate of drug-likeness (QED) is 0.611. The Morgan fingerprint density at radius 1 is 1.57 bits per heavy atom. The molecule has 0 fully saturated rings. The summed E-state index contributed by atoms with van der Waals surface area (Å²) in [4.78, 5) is 4.31. The first-order valence-corrected chi connectivity index (χ1v) is 5.80. The molecule has 2 nitrogen and oxygen atoms in total. The number of hydrogen-bond donors (Lipinski definition) is 1. The van der Waals surface area contributed by atoms with Crippen molar-refractivity contribution >= 4 is 21.7 Å². The third kappa shape index (κ3) is 2.08. The Kier molecular flexibility index (Phi) is 3.05. The topological polar surface area (TPSA) is 24.9 Å². The van der Waals surface area contributed by atoms with Crippen LogP contribution in [-0.4, -0.2) is 16.9 Å². The number of rotatable bonds is 1. The molecule has 2 heterocycles. The average molecular weight is 251 g/mol. The van der Waals surface area contributed by atoms with E-state index in [4.69, 9.17) is 0 Å². The number of anilines is 1. The zero-order valence-electron chi connectivity index (χ0n) is 7.81. The summed E-state index contributed by atoms with van der Waals surface area (Å²) in [5.41, 5.74) is 2.31. The largest absolute Gasteiger partial charge is 0.370 e. The van der Waals surface area contributed by atoms with E-state index in [2.05, 4.69) is 44.1 Å². The third-order valence-electron chi connectivity index (χ3n) is 2.11. The first-order chi connectivity index (χ1) is 6.90. The van der Waals surface area contributed by atoms with Gasteiger partial charge in [-0.1, -0.05) is 27.8 Å². The van der Waals surface area contributed by atoms with Crippen molar-refractivity contribution < 1.29 is 0 Å². The van der Waals surface area contributed by atoms with E-state index in [1.54, 1.807) is 0 Å². The number of alkyl halides is 1. The van der Waals surface area contributed by atoms with E-state index >= 15 is 0 Å². The van der Waals surface area contributed by atoms with E-state index in [1.807, 2.05) is 6.20 Å². The third-order valence-corrected chi connectivity index (χ3v) is 2.50. The SMILES string of the molecule is BrCCC#Cc1cnc2c(c1)CCN2. The van der Waals surface area contributed by atoms with Crippen LogP contribution in [0.4, 0.5) is 5.82 Å². The van der Waals surface area contributed by atoms with Gasteiger partial charge in [-0.2, -0.15) is 0 Å². The Labute approximate surface area is 92.3 Å². The maximum Gasteiger partial charge on any atom is 0.129 e. The first-order valence-electron chi connectivity index (χ1n) is 4.68. The van der Waals surface area contributed by atoms with Gasteiger partial charge in [0.2, 0.25) is 0 Å². The zero-order chi connectivity index (χ0) is 9.80. The predicted octanol–water partition coefficient (Wildman–Crippen LogP) is 2.19. The summed E-state index contributed by atoms with van der Waals surface area (Å²) in [5, 5.41) is 4.16. The van der Waals surface area contributed by atoms with E-state index in [-0.39, 0.29) is 0 Å². The molecule has 0 spiro atoms. The Morgan fingerprint density at radius 3 is 3.36 bits per heavy atom. The lowest BCUT2D eigenvalue weighted by molar-refractivity contribution is 1.11. The van der Waals surface area contributed by atoms with E-state index in [0.29, 0.717) is 0 Å². The van der Waals surface area contributed by atoms with E-state index < -0.39 is 0 Å². The normalized spacial score (nSPS) is 12.6. The maximum atomic E-state index is 4.31. The molecule has 0 saturated carbocycles. The van der Waals surface area contributed by atoms with Gasteiger partial charge in [-0.15, -0.1) is 0 Å². The highest BCUT2D eigenvalue weighted by molar-refractivity contribution is 9.09. The minimum atomic E-state index is 0.884. The average Bonchev–Trinajstić information content (AvgIpc) is 2.65. The molecule has 0 amide bonds. The molecule has 1 aromatic heterocycles. The molecule has 1 aliphatic rings. The van der Waals surface area contributed by atoms with Crippen LogP contribution in [0.25, 0.3) is 0 Å². The monoisotopic (exact) mass is 250 g/mol. The number of halogens is 1. The Morgan fingerprint density at radius 2 is 2.50 bits per heavy atom. The van der Waals surface area contributed by atoms with Crippen LogP contribution < -0.4 is 5.32 Å². The molecule has 0 radical (unpaired) electrons. The van der Waals surface area contributed by atoms with Crippen LogP contribution in [0.15, 0.2) is 12.3 Å². The Bertz CT molecular complexity index is 390. The summed E-state index contributed by atoms with van der Waals surface area (Å²) < 4.78 is 0. The molecule has 2 rings (SSSR count). The minimum Gasteiger partial charge on any atom is -0.370 e. The van der Waals surface area contributed by atoms with Gasteiger partial charge < -0.3 is 5.32 Å². The van der Waals surface area contributed by atoms with E-state index in [1.165, 1.54) is 5.56 Å². The second-order valence-electron chi connectivity index (χ2n) is 3.15. The van der Waals surface area contributed by atoms with Crippen molar-refractivity contribution in [2.45, 2.75) is 12.8 Å². The van der Waals surface area contributed by atoms with Crippen LogP contribution in [-0.2, 0) is 6.42 Å². The summed E-state index contributed by atoms with van der Waals surface area (Å²) in [5.74, 6) is 7.21. The van der Waals surface area contributed by atoms with Gasteiger partial charge in [0.1, 0.15) is 5.82 Å². The van der Waals surface area contributed by atoms with Gasteiger partial charge in [0.25, 0.3) is 0 Å². The van der Waals surface area contributed by atoms with Crippen LogP contribution in [0.2, 0.25) is 0 Å². The second-order valence-corrected chi connectivity index (χ2v) is 3.94. The molecule has 0 bridgehead atoms. The van der Waals surface area contributed by atoms with Gasteiger partial charge in [-0.3, -0.25) is 0 Å². The van der Waals surface area contributed by atoms with Crippen molar-refractivity contribution in [1.29, 1.82) is 0 Å². The molecule has 3 heteroatoms. The molecule has 0 unspecified atom stereocenters.